The van der Waals surface area contributed by atoms with Crippen LogP contribution in [0.1, 0.15) is 30.0 Å². The first-order valence-electron chi connectivity index (χ1n) is 8.46. The summed E-state index contributed by atoms with van der Waals surface area (Å²) in [6.07, 6.45) is 1.57. The van der Waals surface area contributed by atoms with Crippen LogP contribution in [0, 0.1) is 5.92 Å². The smallest absolute Gasteiger partial charge is 0.307 e. The minimum Gasteiger partial charge on any atom is -0.496 e. The molecular weight excluding hydrogens is 338 g/mol. The zero-order valence-corrected chi connectivity index (χ0v) is 14.9. The van der Waals surface area contributed by atoms with Crippen LogP contribution in [0.2, 0.25) is 5.02 Å². The molecule has 0 aromatic heterocycles. The topological polar surface area (TPSA) is 49.8 Å². The summed E-state index contributed by atoms with van der Waals surface area (Å²) in [5, 5.41) is 10.1. The third-order valence-corrected chi connectivity index (χ3v) is 5.14. The van der Waals surface area contributed by atoms with Crippen LogP contribution in [-0.2, 0) is 4.79 Å². The number of halogens is 1. The first-order valence-corrected chi connectivity index (χ1v) is 8.83. The van der Waals surface area contributed by atoms with Gasteiger partial charge in [-0.1, -0.05) is 48.0 Å². The maximum absolute atomic E-state index is 11.5. The number of carboxylic acid groups (broad SMARTS) is 1. The number of benzene rings is 2. The van der Waals surface area contributed by atoms with E-state index in [1.165, 1.54) is 0 Å². The second-order valence-electron chi connectivity index (χ2n) is 6.34. The highest BCUT2D eigenvalue weighted by Gasteiger charge is 2.33. The lowest BCUT2D eigenvalue weighted by molar-refractivity contribution is -0.143. The maximum atomic E-state index is 11.5. The van der Waals surface area contributed by atoms with E-state index in [9.17, 15) is 9.90 Å². The van der Waals surface area contributed by atoms with Crippen molar-refractivity contribution < 1.29 is 14.6 Å². The van der Waals surface area contributed by atoms with Crippen LogP contribution in [0.25, 0.3) is 0 Å². The summed E-state index contributed by atoms with van der Waals surface area (Å²) in [6.45, 7) is 1.33. The van der Waals surface area contributed by atoms with Crippen LogP contribution in [0.5, 0.6) is 5.75 Å². The molecule has 0 bridgehead atoms. The Morgan fingerprint density at radius 3 is 2.56 bits per heavy atom. The molecule has 4 nitrogen and oxygen atoms in total. The van der Waals surface area contributed by atoms with Gasteiger partial charge >= 0.3 is 5.97 Å². The molecule has 1 heterocycles. The zero-order valence-electron chi connectivity index (χ0n) is 14.2. The summed E-state index contributed by atoms with van der Waals surface area (Å²) >= 11 is 6.50. The molecule has 1 fully saturated rings. The molecule has 5 heteroatoms. The van der Waals surface area contributed by atoms with E-state index in [-0.39, 0.29) is 12.0 Å². The highest BCUT2D eigenvalue weighted by Crippen LogP contribution is 2.39. The first kappa shape index (κ1) is 17.8. The maximum Gasteiger partial charge on any atom is 0.307 e. The van der Waals surface area contributed by atoms with Gasteiger partial charge in [-0.25, -0.2) is 0 Å². The normalized spacial score (nSPS) is 19.4. The summed E-state index contributed by atoms with van der Waals surface area (Å²) < 4.78 is 5.57. The van der Waals surface area contributed by atoms with Gasteiger partial charge in [0.25, 0.3) is 0 Å². The zero-order chi connectivity index (χ0) is 17.8. The third-order valence-electron chi connectivity index (χ3n) is 4.80. The van der Waals surface area contributed by atoms with Gasteiger partial charge in [-0.2, -0.15) is 0 Å². The van der Waals surface area contributed by atoms with Crippen LogP contribution in [0.15, 0.2) is 48.5 Å². The van der Waals surface area contributed by atoms with Gasteiger partial charge in [0, 0.05) is 17.1 Å². The summed E-state index contributed by atoms with van der Waals surface area (Å²) in [7, 11) is 1.65. The van der Waals surface area contributed by atoms with E-state index in [4.69, 9.17) is 16.3 Å². The van der Waals surface area contributed by atoms with Crippen molar-refractivity contribution in [3.8, 4) is 5.75 Å². The molecule has 0 saturated carbocycles. The molecule has 132 valence electrons. The molecule has 2 atom stereocenters. The Balaban J connectivity index is 2.06. The summed E-state index contributed by atoms with van der Waals surface area (Å²) in [5.41, 5.74) is 1.98. The predicted octanol–water partition coefficient (Wildman–Crippen LogP) is 4.23. The van der Waals surface area contributed by atoms with Gasteiger partial charge in [-0.05, 0) is 37.1 Å². The van der Waals surface area contributed by atoms with Crippen molar-refractivity contribution in [2.45, 2.75) is 18.9 Å². The number of rotatable bonds is 5. The lowest BCUT2D eigenvalue weighted by Crippen LogP contribution is -2.41. The number of hydrogen-bond donors (Lipinski definition) is 1. The Labute approximate surface area is 153 Å². The Hall–Kier alpha value is -2.04. The number of piperidine rings is 1. The van der Waals surface area contributed by atoms with E-state index in [2.05, 4.69) is 4.90 Å². The van der Waals surface area contributed by atoms with E-state index >= 15 is 0 Å². The second-order valence-corrected chi connectivity index (χ2v) is 6.75. The number of carboxylic acids is 1. The molecule has 1 saturated heterocycles. The van der Waals surface area contributed by atoms with Gasteiger partial charge in [-0.15, -0.1) is 0 Å². The Morgan fingerprint density at radius 1 is 1.20 bits per heavy atom. The number of ether oxygens (including phenoxy) is 1. The number of para-hydroxylation sites is 1. The van der Waals surface area contributed by atoms with Crippen molar-refractivity contribution in [2.24, 2.45) is 5.92 Å². The molecule has 25 heavy (non-hydrogen) atoms. The van der Waals surface area contributed by atoms with Crippen LogP contribution >= 0.6 is 11.6 Å². The molecule has 1 aliphatic rings. The van der Waals surface area contributed by atoms with Gasteiger partial charge < -0.3 is 9.84 Å². The second kappa shape index (κ2) is 7.89. The molecule has 0 radical (unpaired) electrons. The Morgan fingerprint density at radius 2 is 1.88 bits per heavy atom. The van der Waals surface area contributed by atoms with Gasteiger partial charge in [0.2, 0.25) is 0 Å². The number of carbonyl (C=O) groups is 1. The standard InChI is InChI=1S/C20H22ClNO3/c1-25-18-11-5-3-9-16(18)19(15-8-2-4-10-17(15)21)22-12-6-7-14(13-22)20(23)24/h2-5,8-11,14,19H,6-7,12-13H2,1H3,(H,23,24). The lowest BCUT2D eigenvalue weighted by atomic mass is 9.91. The molecule has 2 aromatic rings. The summed E-state index contributed by atoms with van der Waals surface area (Å²) in [5.74, 6) is -0.305. The van der Waals surface area contributed by atoms with Gasteiger partial charge in [0.05, 0.1) is 19.1 Å². The molecular formula is C20H22ClNO3. The summed E-state index contributed by atoms with van der Waals surface area (Å²) in [4.78, 5) is 13.7. The third kappa shape index (κ3) is 3.80. The largest absolute Gasteiger partial charge is 0.496 e. The number of hydrogen-bond acceptors (Lipinski definition) is 3. The van der Waals surface area contributed by atoms with Crippen molar-refractivity contribution in [3.05, 3.63) is 64.7 Å². The molecule has 0 spiro atoms. The SMILES string of the molecule is COc1ccccc1C(c1ccccc1Cl)N1CCCC(C(=O)O)C1. The highest BCUT2D eigenvalue weighted by atomic mass is 35.5. The minimum atomic E-state index is -0.734. The quantitative estimate of drug-likeness (QED) is 0.867. The highest BCUT2D eigenvalue weighted by molar-refractivity contribution is 6.31. The number of likely N-dealkylation sites (tertiary alicyclic amines) is 1. The van der Waals surface area contributed by atoms with Crippen LogP contribution in [0.3, 0.4) is 0 Å². The Bertz CT molecular complexity index is 749. The fourth-order valence-corrected chi connectivity index (χ4v) is 3.83. The van der Waals surface area contributed by atoms with E-state index in [0.29, 0.717) is 18.0 Å². The predicted molar refractivity (Wildman–Crippen MR) is 98.2 cm³/mol. The fourth-order valence-electron chi connectivity index (χ4n) is 3.59. The summed E-state index contributed by atoms with van der Waals surface area (Å²) in [6, 6.07) is 15.5. The van der Waals surface area contributed by atoms with Gasteiger partial charge in [0.1, 0.15) is 5.75 Å². The number of methoxy groups -OCH3 is 1. The molecule has 2 aromatic carbocycles. The first-order chi connectivity index (χ1) is 12.1. The van der Waals surface area contributed by atoms with Gasteiger partial charge in [0.15, 0.2) is 0 Å². The van der Waals surface area contributed by atoms with Crippen LogP contribution in [0.4, 0.5) is 0 Å². The fraction of sp³-hybridized carbons (Fsp3) is 0.350. The minimum absolute atomic E-state index is 0.132. The van der Waals surface area contributed by atoms with Crippen molar-refractivity contribution in [3.63, 3.8) is 0 Å². The van der Waals surface area contributed by atoms with E-state index in [0.717, 1.165) is 29.8 Å². The van der Waals surface area contributed by atoms with Crippen molar-refractivity contribution in [2.75, 3.05) is 20.2 Å². The van der Waals surface area contributed by atoms with Gasteiger partial charge in [-0.3, -0.25) is 9.69 Å². The van der Waals surface area contributed by atoms with Crippen LogP contribution in [-0.4, -0.2) is 36.2 Å². The van der Waals surface area contributed by atoms with E-state index < -0.39 is 5.97 Å². The number of aliphatic carboxylic acids is 1. The monoisotopic (exact) mass is 359 g/mol. The van der Waals surface area contributed by atoms with Crippen molar-refractivity contribution in [1.29, 1.82) is 0 Å². The molecule has 3 rings (SSSR count). The average molecular weight is 360 g/mol. The Kier molecular flexibility index (Phi) is 5.61. The van der Waals surface area contributed by atoms with E-state index in [1.807, 2.05) is 48.5 Å². The molecule has 1 N–H and O–H groups in total. The van der Waals surface area contributed by atoms with E-state index in [1.54, 1.807) is 7.11 Å². The number of nitrogens with zero attached hydrogens (tertiary/aromatic N) is 1. The molecule has 1 aliphatic heterocycles. The van der Waals surface area contributed by atoms with Crippen LogP contribution < -0.4 is 4.74 Å². The molecule has 2 unspecified atom stereocenters. The average Bonchev–Trinajstić information content (AvgIpc) is 2.64. The molecule has 0 amide bonds. The lowest BCUT2D eigenvalue weighted by Gasteiger charge is -2.38. The van der Waals surface area contributed by atoms with Crippen molar-refractivity contribution in [1.82, 2.24) is 4.90 Å². The van der Waals surface area contributed by atoms with Crippen molar-refractivity contribution >= 4 is 17.6 Å². The molecule has 0 aliphatic carbocycles.